The van der Waals surface area contributed by atoms with E-state index in [1.165, 1.54) is 19.3 Å². The van der Waals surface area contributed by atoms with E-state index in [4.69, 9.17) is 9.47 Å². The number of benzene rings is 2. The van der Waals surface area contributed by atoms with E-state index in [1.54, 1.807) is 0 Å². The molecule has 1 amide bonds. The molecule has 4 nitrogen and oxygen atoms in total. The Morgan fingerprint density at radius 3 is 2.23 bits per heavy atom. The Morgan fingerprint density at radius 1 is 0.885 bits per heavy atom. The number of anilines is 1. The summed E-state index contributed by atoms with van der Waals surface area (Å²) < 4.78 is 11.3. The minimum absolute atomic E-state index is 0.0153. The topological polar surface area (TPSA) is 47.6 Å². The number of amides is 1. The third-order valence-corrected chi connectivity index (χ3v) is 3.97. The summed E-state index contributed by atoms with van der Waals surface area (Å²) in [6, 6.07) is 13.4. The summed E-state index contributed by atoms with van der Waals surface area (Å²) in [5, 5.41) is 2.83. The van der Waals surface area contributed by atoms with Crippen molar-refractivity contribution >= 4 is 11.6 Å². The molecule has 2 rings (SSSR count). The molecule has 0 heterocycles. The molecular weight excluding hydrogens is 326 g/mol. The monoisotopic (exact) mass is 355 g/mol. The number of carbonyl (C=O) groups excluding carboxylic acids is 1. The molecule has 1 N–H and O–H groups in total. The highest BCUT2D eigenvalue weighted by molar-refractivity contribution is 5.91. The number of aryl methyl sites for hydroxylation is 2. The molecule has 0 atom stereocenters. The van der Waals surface area contributed by atoms with Gasteiger partial charge in [-0.1, -0.05) is 32.3 Å². The third-order valence-electron chi connectivity index (χ3n) is 3.97. The number of ether oxygens (including phenoxy) is 2. The zero-order valence-electron chi connectivity index (χ0n) is 16.0. The normalized spacial score (nSPS) is 10.4. The van der Waals surface area contributed by atoms with Crippen LogP contribution in [0.2, 0.25) is 0 Å². The van der Waals surface area contributed by atoms with E-state index in [0.29, 0.717) is 5.75 Å². The van der Waals surface area contributed by atoms with Gasteiger partial charge in [-0.15, -0.1) is 0 Å². The maximum Gasteiger partial charge on any atom is 0.262 e. The fourth-order valence-corrected chi connectivity index (χ4v) is 2.72. The standard InChI is InChI=1S/C22H29NO3/c1-4-5-6-7-12-25-20-10-8-19(9-11-20)23-22(24)16-26-21-14-17(2)13-18(3)15-21/h8-11,13-15H,4-7,12,16H2,1-3H3,(H,23,24). The summed E-state index contributed by atoms with van der Waals surface area (Å²) in [6.07, 6.45) is 4.74. The molecule has 0 radical (unpaired) electrons. The van der Waals surface area contributed by atoms with Crippen molar-refractivity contribution in [2.24, 2.45) is 0 Å². The molecule has 140 valence electrons. The first-order chi connectivity index (χ1) is 12.6. The first-order valence-electron chi connectivity index (χ1n) is 9.30. The first-order valence-corrected chi connectivity index (χ1v) is 9.30. The summed E-state index contributed by atoms with van der Waals surface area (Å²) in [5.41, 5.74) is 2.97. The Bertz CT molecular complexity index is 675. The maximum atomic E-state index is 12.0. The second kappa shape index (κ2) is 10.5. The van der Waals surface area contributed by atoms with Gasteiger partial charge in [0.2, 0.25) is 0 Å². The molecule has 2 aromatic rings. The Labute approximate surface area is 156 Å². The lowest BCUT2D eigenvalue weighted by Crippen LogP contribution is -2.20. The van der Waals surface area contributed by atoms with Crippen molar-refractivity contribution in [3.05, 3.63) is 53.6 Å². The van der Waals surface area contributed by atoms with Crippen molar-refractivity contribution in [2.75, 3.05) is 18.5 Å². The molecule has 0 saturated heterocycles. The minimum atomic E-state index is -0.183. The molecule has 0 bridgehead atoms. The average Bonchev–Trinajstić information content (AvgIpc) is 2.60. The van der Waals surface area contributed by atoms with E-state index in [9.17, 15) is 4.79 Å². The molecule has 0 unspecified atom stereocenters. The van der Waals surface area contributed by atoms with Gasteiger partial charge in [-0.2, -0.15) is 0 Å². The van der Waals surface area contributed by atoms with Gasteiger partial charge >= 0.3 is 0 Å². The van der Waals surface area contributed by atoms with Crippen LogP contribution in [0, 0.1) is 13.8 Å². The highest BCUT2D eigenvalue weighted by atomic mass is 16.5. The third kappa shape index (κ3) is 7.18. The molecule has 4 heteroatoms. The van der Waals surface area contributed by atoms with Gasteiger partial charge in [-0.05, 0) is 67.8 Å². The maximum absolute atomic E-state index is 12.0. The number of unbranched alkanes of at least 4 members (excludes halogenated alkanes) is 3. The van der Waals surface area contributed by atoms with E-state index in [1.807, 2.05) is 50.2 Å². The van der Waals surface area contributed by atoms with Gasteiger partial charge in [0.25, 0.3) is 5.91 Å². The lowest BCUT2D eigenvalue weighted by molar-refractivity contribution is -0.118. The summed E-state index contributed by atoms with van der Waals surface area (Å²) >= 11 is 0. The van der Waals surface area contributed by atoms with Crippen LogP contribution < -0.4 is 14.8 Å². The predicted octanol–water partition coefficient (Wildman–Crippen LogP) is 5.28. The van der Waals surface area contributed by atoms with Crippen LogP contribution in [0.25, 0.3) is 0 Å². The molecule has 0 spiro atoms. The van der Waals surface area contributed by atoms with Crippen molar-refractivity contribution in [1.29, 1.82) is 0 Å². The Kier molecular flexibility index (Phi) is 8.00. The van der Waals surface area contributed by atoms with Gasteiger partial charge < -0.3 is 14.8 Å². The van der Waals surface area contributed by atoms with Gasteiger partial charge in [0.15, 0.2) is 6.61 Å². The largest absolute Gasteiger partial charge is 0.494 e. The van der Waals surface area contributed by atoms with Crippen molar-refractivity contribution in [2.45, 2.75) is 46.5 Å². The Morgan fingerprint density at radius 2 is 1.58 bits per heavy atom. The fourth-order valence-electron chi connectivity index (χ4n) is 2.72. The zero-order valence-corrected chi connectivity index (χ0v) is 16.0. The second-order valence-electron chi connectivity index (χ2n) is 6.59. The van der Waals surface area contributed by atoms with Gasteiger partial charge in [-0.25, -0.2) is 0 Å². The van der Waals surface area contributed by atoms with Crippen LogP contribution in [0.4, 0.5) is 5.69 Å². The molecule has 0 aliphatic heterocycles. The Balaban J connectivity index is 1.74. The van der Waals surface area contributed by atoms with Crippen LogP contribution in [-0.4, -0.2) is 19.1 Å². The molecule has 0 aliphatic rings. The summed E-state index contributed by atoms with van der Waals surface area (Å²) in [5.74, 6) is 1.35. The number of carbonyl (C=O) groups is 1. The van der Waals surface area contributed by atoms with E-state index in [-0.39, 0.29) is 12.5 Å². The predicted molar refractivity (Wildman–Crippen MR) is 106 cm³/mol. The van der Waals surface area contributed by atoms with Crippen LogP contribution in [-0.2, 0) is 4.79 Å². The quantitative estimate of drug-likeness (QED) is 0.590. The first kappa shape index (κ1) is 19.8. The van der Waals surface area contributed by atoms with Crippen molar-refractivity contribution in [1.82, 2.24) is 0 Å². The van der Waals surface area contributed by atoms with Crippen LogP contribution in [0.1, 0.15) is 43.7 Å². The van der Waals surface area contributed by atoms with Crippen LogP contribution in [0.3, 0.4) is 0 Å². The van der Waals surface area contributed by atoms with Crippen molar-refractivity contribution < 1.29 is 14.3 Å². The zero-order chi connectivity index (χ0) is 18.8. The highest BCUT2D eigenvalue weighted by Crippen LogP contribution is 2.18. The van der Waals surface area contributed by atoms with E-state index >= 15 is 0 Å². The van der Waals surface area contributed by atoms with E-state index in [2.05, 4.69) is 18.3 Å². The smallest absolute Gasteiger partial charge is 0.262 e. The summed E-state index contributed by atoms with van der Waals surface area (Å²) in [4.78, 5) is 12.0. The van der Waals surface area contributed by atoms with Crippen molar-refractivity contribution in [3.63, 3.8) is 0 Å². The second-order valence-corrected chi connectivity index (χ2v) is 6.59. The van der Waals surface area contributed by atoms with E-state index in [0.717, 1.165) is 35.6 Å². The summed E-state index contributed by atoms with van der Waals surface area (Å²) in [6.45, 7) is 6.93. The van der Waals surface area contributed by atoms with E-state index < -0.39 is 0 Å². The fraction of sp³-hybridized carbons (Fsp3) is 0.409. The number of nitrogens with one attached hydrogen (secondary N) is 1. The van der Waals surface area contributed by atoms with Gasteiger partial charge in [0.05, 0.1) is 6.61 Å². The molecule has 2 aromatic carbocycles. The number of hydrogen-bond donors (Lipinski definition) is 1. The SMILES string of the molecule is CCCCCCOc1ccc(NC(=O)COc2cc(C)cc(C)c2)cc1. The lowest BCUT2D eigenvalue weighted by atomic mass is 10.1. The molecule has 0 aliphatic carbocycles. The van der Waals surface area contributed by atoms with Gasteiger partial charge in [0.1, 0.15) is 11.5 Å². The lowest BCUT2D eigenvalue weighted by Gasteiger charge is -2.10. The van der Waals surface area contributed by atoms with Crippen molar-refractivity contribution in [3.8, 4) is 11.5 Å². The van der Waals surface area contributed by atoms with Crippen LogP contribution in [0.15, 0.2) is 42.5 Å². The number of rotatable bonds is 10. The van der Waals surface area contributed by atoms with Crippen LogP contribution in [0.5, 0.6) is 11.5 Å². The highest BCUT2D eigenvalue weighted by Gasteiger charge is 2.05. The van der Waals surface area contributed by atoms with Gasteiger partial charge in [0, 0.05) is 5.69 Å². The van der Waals surface area contributed by atoms with Gasteiger partial charge in [-0.3, -0.25) is 4.79 Å². The molecule has 0 fully saturated rings. The molecular formula is C22H29NO3. The minimum Gasteiger partial charge on any atom is -0.494 e. The van der Waals surface area contributed by atoms with Crippen LogP contribution >= 0.6 is 0 Å². The molecule has 0 aromatic heterocycles. The molecule has 0 saturated carbocycles. The molecule has 26 heavy (non-hydrogen) atoms. The Hall–Kier alpha value is -2.49. The number of hydrogen-bond acceptors (Lipinski definition) is 3. The summed E-state index contributed by atoms with van der Waals surface area (Å²) in [7, 11) is 0. The average molecular weight is 355 g/mol.